The summed E-state index contributed by atoms with van der Waals surface area (Å²) in [6.07, 6.45) is 4.32. The molecule has 0 aromatic carbocycles. The largest absolute Gasteiger partial charge is 0.368 e. The number of amides is 1. The van der Waals surface area contributed by atoms with Crippen LogP contribution in [0.2, 0.25) is 0 Å². The maximum absolute atomic E-state index is 11.7. The summed E-state index contributed by atoms with van der Waals surface area (Å²) < 4.78 is 0. The number of nitrogens with two attached hydrogens (primary N) is 1. The van der Waals surface area contributed by atoms with Crippen LogP contribution in [-0.2, 0) is 4.79 Å². The van der Waals surface area contributed by atoms with E-state index in [0.717, 1.165) is 25.9 Å². The Bertz CT molecular complexity index is 282. The van der Waals surface area contributed by atoms with Crippen molar-refractivity contribution in [3.63, 3.8) is 0 Å². The van der Waals surface area contributed by atoms with Gasteiger partial charge in [0.25, 0.3) is 0 Å². The van der Waals surface area contributed by atoms with Gasteiger partial charge in [-0.25, -0.2) is 0 Å². The number of hydrogen-bond donors (Lipinski definition) is 2. The van der Waals surface area contributed by atoms with Crippen molar-refractivity contribution in [1.82, 2.24) is 10.2 Å². The number of likely N-dealkylation sites (tertiary alicyclic amines) is 1. The lowest BCUT2D eigenvalue weighted by Crippen LogP contribution is -2.56. The SMILES string of the molecule is CCCNC(C)(CC(C)N1CCCC1C)C(N)=O. The molecule has 1 aliphatic rings. The van der Waals surface area contributed by atoms with Crippen LogP contribution >= 0.6 is 0 Å². The molecule has 0 bridgehead atoms. The zero-order valence-corrected chi connectivity index (χ0v) is 12.3. The van der Waals surface area contributed by atoms with Crippen LogP contribution in [0.3, 0.4) is 0 Å². The van der Waals surface area contributed by atoms with Crippen LogP contribution in [0.15, 0.2) is 0 Å². The Hall–Kier alpha value is -0.610. The smallest absolute Gasteiger partial charge is 0.237 e. The Morgan fingerprint density at radius 1 is 1.61 bits per heavy atom. The normalized spacial score (nSPS) is 25.9. The predicted molar refractivity (Wildman–Crippen MR) is 75.4 cm³/mol. The Morgan fingerprint density at radius 3 is 2.72 bits per heavy atom. The van der Waals surface area contributed by atoms with E-state index in [9.17, 15) is 4.79 Å². The van der Waals surface area contributed by atoms with Gasteiger partial charge in [0.2, 0.25) is 5.91 Å². The number of rotatable bonds is 7. The standard InChI is InChI=1S/C14H29N3O/c1-5-8-16-14(4,13(15)18)10-12(3)17-9-6-7-11(17)2/h11-12,16H,5-10H2,1-4H3,(H2,15,18). The van der Waals surface area contributed by atoms with Crippen LogP contribution in [0, 0.1) is 0 Å². The zero-order valence-electron chi connectivity index (χ0n) is 12.3. The van der Waals surface area contributed by atoms with Crippen molar-refractivity contribution in [1.29, 1.82) is 0 Å². The molecule has 1 amide bonds. The summed E-state index contributed by atoms with van der Waals surface area (Å²) in [6, 6.07) is 1.02. The van der Waals surface area contributed by atoms with Crippen molar-refractivity contribution in [2.24, 2.45) is 5.73 Å². The monoisotopic (exact) mass is 255 g/mol. The van der Waals surface area contributed by atoms with Gasteiger partial charge in [-0.2, -0.15) is 0 Å². The Labute approximate surface area is 111 Å². The number of hydrogen-bond acceptors (Lipinski definition) is 3. The summed E-state index contributed by atoms with van der Waals surface area (Å²) in [7, 11) is 0. The van der Waals surface area contributed by atoms with Crippen LogP contribution in [0.25, 0.3) is 0 Å². The molecule has 4 nitrogen and oxygen atoms in total. The molecule has 1 fully saturated rings. The lowest BCUT2D eigenvalue weighted by Gasteiger charge is -2.36. The van der Waals surface area contributed by atoms with Crippen molar-refractivity contribution in [3.05, 3.63) is 0 Å². The second-order valence-electron chi connectivity index (χ2n) is 5.91. The maximum atomic E-state index is 11.7. The van der Waals surface area contributed by atoms with E-state index < -0.39 is 5.54 Å². The number of nitrogens with one attached hydrogen (secondary N) is 1. The molecule has 0 aliphatic carbocycles. The predicted octanol–water partition coefficient (Wildman–Crippen LogP) is 1.49. The average Bonchev–Trinajstić information content (AvgIpc) is 2.72. The van der Waals surface area contributed by atoms with Gasteiger partial charge in [-0.15, -0.1) is 0 Å². The van der Waals surface area contributed by atoms with E-state index in [4.69, 9.17) is 5.73 Å². The molecule has 1 aliphatic heterocycles. The fourth-order valence-corrected chi connectivity index (χ4v) is 2.98. The van der Waals surface area contributed by atoms with Gasteiger partial charge in [0.1, 0.15) is 0 Å². The molecule has 1 rings (SSSR count). The maximum Gasteiger partial charge on any atom is 0.237 e. The fourth-order valence-electron chi connectivity index (χ4n) is 2.98. The van der Waals surface area contributed by atoms with Gasteiger partial charge in [-0.1, -0.05) is 6.92 Å². The van der Waals surface area contributed by atoms with E-state index in [-0.39, 0.29) is 5.91 Å². The second-order valence-corrected chi connectivity index (χ2v) is 5.91. The lowest BCUT2D eigenvalue weighted by atomic mass is 9.91. The van der Waals surface area contributed by atoms with Gasteiger partial charge >= 0.3 is 0 Å². The van der Waals surface area contributed by atoms with Crippen molar-refractivity contribution in [2.45, 2.75) is 71.0 Å². The summed E-state index contributed by atoms with van der Waals surface area (Å²) in [4.78, 5) is 14.2. The highest BCUT2D eigenvalue weighted by Crippen LogP contribution is 2.24. The summed E-state index contributed by atoms with van der Waals surface area (Å²) in [5, 5.41) is 3.31. The third-order valence-electron chi connectivity index (χ3n) is 4.18. The average molecular weight is 255 g/mol. The molecular formula is C14H29N3O. The first kappa shape index (κ1) is 15.4. The number of primary amides is 1. The van der Waals surface area contributed by atoms with E-state index in [1.54, 1.807) is 0 Å². The van der Waals surface area contributed by atoms with Crippen LogP contribution < -0.4 is 11.1 Å². The minimum atomic E-state index is -0.586. The minimum Gasteiger partial charge on any atom is -0.368 e. The Balaban J connectivity index is 2.62. The van der Waals surface area contributed by atoms with Crippen molar-refractivity contribution < 1.29 is 4.79 Å². The summed E-state index contributed by atoms with van der Waals surface area (Å²) in [5.74, 6) is -0.241. The molecule has 18 heavy (non-hydrogen) atoms. The molecule has 0 spiro atoms. The topological polar surface area (TPSA) is 58.4 Å². The molecule has 0 saturated carbocycles. The van der Waals surface area contributed by atoms with Gasteiger partial charge < -0.3 is 11.1 Å². The molecule has 4 heteroatoms. The van der Waals surface area contributed by atoms with Gasteiger partial charge in [0.05, 0.1) is 5.54 Å². The number of carbonyl (C=O) groups is 1. The van der Waals surface area contributed by atoms with Gasteiger partial charge in [0, 0.05) is 12.1 Å². The highest BCUT2D eigenvalue weighted by Gasteiger charge is 2.35. The summed E-state index contributed by atoms with van der Waals surface area (Å²) in [6.45, 7) is 10.5. The van der Waals surface area contributed by atoms with Crippen molar-refractivity contribution in [2.75, 3.05) is 13.1 Å². The van der Waals surface area contributed by atoms with Crippen LogP contribution in [-0.4, -0.2) is 41.5 Å². The fraction of sp³-hybridized carbons (Fsp3) is 0.929. The third kappa shape index (κ3) is 3.69. The molecular weight excluding hydrogens is 226 g/mol. The van der Waals surface area contributed by atoms with Crippen LogP contribution in [0.4, 0.5) is 0 Å². The molecule has 0 radical (unpaired) electrons. The van der Waals surface area contributed by atoms with E-state index in [0.29, 0.717) is 12.1 Å². The highest BCUT2D eigenvalue weighted by atomic mass is 16.1. The lowest BCUT2D eigenvalue weighted by molar-refractivity contribution is -0.124. The molecule has 3 N–H and O–H groups in total. The zero-order chi connectivity index (χ0) is 13.8. The van der Waals surface area contributed by atoms with Crippen LogP contribution in [0.5, 0.6) is 0 Å². The molecule has 1 heterocycles. The minimum absolute atomic E-state index is 0.241. The van der Waals surface area contributed by atoms with E-state index >= 15 is 0 Å². The molecule has 3 atom stereocenters. The molecule has 106 valence electrons. The van der Waals surface area contributed by atoms with E-state index in [1.807, 2.05) is 6.92 Å². The van der Waals surface area contributed by atoms with Crippen LogP contribution in [0.1, 0.15) is 53.4 Å². The summed E-state index contributed by atoms with van der Waals surface area (Å²) >= 11 is 0. The highest BCUT2D eigenvalue weighted by molar-refractivity contribution is 5.84. The van der Waals surface area contributed by atoms with E-state index in [1.165, 1.54) is 12.8 Å². The summed E-state index contributed by atoms with van der Waals surface area (Å²) in [5.41, 5.74) is 4.99. The molecule has 1 saturated heterocycles. The first-order valence-electron chi connectivity index (χ1n) is 7.21. The van der Waals surface area contributed by atoms with Gasteiger partial charge in [0.15, 0.2) is 0 Å². The number of nitrogens with zero attached hydrogens (tertiary/aromatic N) is 1. The molecule has 0 aromatic rings. The quantitative estimate of drug-likeness (QED) is 0.724. The first-order valence-corrected chi connectivity index (χ1v) is 7.21. The Morgan fingerprint density at radius 2 is 2.28 bits per heavy atom. The third-order valence-corrected chi connectivity index (χ3v) is 4.18. The molecule has 3 unspecified atom stereocenters. The van der Waals surface area contributed by atoms with Gasteiger partial charge in [-0.3, -0.25) is 9.69 Å². The number of carbonyl (C=O) groups excluding carboxylic acids is 1. The van der Waals surface area contributed by atoms with Crippen molar-refractivity contribution >= 4 is 5.91 Å². The molecule has 0 aromatic heterocycles. The first-order chi connectivity index (χ1) is 8.40. The van der Waals surface area contributed by atoms with Crippen molar-refractivity contribution in [3.8, 4) is 0 Å². The Kier molecular flexibility index (Phi) is 5.60. The van der Waals surface area contributed by atoms with Gasteiger partial charge in [-0.05, 0) is 59.5 Å². The second kappa shape index (κ2) is 6.53. The van der Waals surface area contributed by atoms with E-state index in [2.05, 4.69) is 31.0 Å².